The summed E-state index contributed by atoms with van der Waals surface area (Å²) in [5, 5.41) is 7.47. The van der Waals surface area contributed by atoms with E-state index >= 15 is 0 Å². The molecule has 0 spiro atoms. The SMILES string of the molecule is Cn1c([C@@H](c2cccc(Br)c2)C2CCCCC2)n[nH]c1=S. The maximum Gasteiger partial charge on any atom is 0.194 e. The number of aromatic nitrogens is 3. The van der Waals surface area contributed by atoms with Crippen LogP contribution in [0.5, 0.6) is 0 Å². The Morgan fingerprint density at radius 2 is 2.10 bits per heavy atom. The summed E-state index contributed by atoms with van der Waals surface area (Å²) in [5.74, 6) is 2.03. The highest BCUT2D eigenvalue weighted by molar-refractivity contribution is 9.10. The van der Waals surface area contributed by atoms with Gasteiger partial charge in [0, 0.05) is 17.4 Å². The molecule has 21 heavy (non-hydrogen) atoms. The maximum atomic E-state index is 5.31. The molecule has 1 aromatic carbocycles. The fraction of sp³-hybridized carbons (Fsp3) is 0.500. The summed E-state index contributed by atoms with van der Waals surface area (Å²) in [6, 6.07) is 8.61. The number of halogens is 1. The third kappa shape index (κ3) is 3.14. The van der Waals surface area contributed by atoms with Gasteiger partial charge >= 0.3 is 0 Å². The molecule has 5 heteroatoms. The van der Waals surface area contributed by atoms with Crippen molar-refractivity contribution in [3.05, 3.63) is 44.9 Å². The van der Waals surface area contributed by atoms with Gasteiger partial charge in [-0.05, 0) is 48.7 Å². The van der Waals surface area contributed by atoms with E-state index in [1.165, 1.54) is 37.7 Å². The van der Waals surface area contributed by atoms with Gasteiger partial charge in [0.2, 0.25) is 0 Å². The second-order valence-electron chi connectivity index (χ2n) is 5.88. The third-order valence-corrected chi connectivity index (χ3v) is 5.38. The van der Waals surface area contributed by atoms with Gasteiger partial charge in [-0.15, -0.1) is 0 Å². The minimum absolute atomic E-state index is 0.320. The summed E-state index contributed by atoms with van der Waals surface area (Å²) in [5.41, 5.74) is 1.33. The van der Waals surface area contributed by atoms with Crippen LogP contribution in [0.15, 0.2) is 28.7 Å². The maximum absolute atomic E-state index is 5.31. The van der Waals surface area contributed by atoms with Crippen molar-refractivity contribution in [1.82, 2.24) is 14.8 Å². The molecule has 0 unspecified atom stereocenters. The molecular weight excluding hydrogens is 346 g/mol. The topological polar surface area (TPSA) is 33.6 Å². The van der Waals surface area contributed by atoms with Crippen molar-refractivity contribution in [3.63, 3.8) is 0 Å². The third-order valence-electron chi connectivity index (χ3n) is 4.52. The Morgan fingerprint density at radius 3 is 2.71 bits per heavy atom. The second kappa shape index (κ2) is 6.44. The van der Waals surface area contributed by atoms with Crippen LogP contribution >= 0.6 is 28.1 Å². The van der Waals surface area contributed by atoms with E-state index in [4.69, 9.17) is 12.2 Å². The lowest BCUT2D eigenvalue weighted by atomic mass is 9.76. The molecule has 1 saturated carbocycles. The molecule has 0 saturated heterocycles. The van der Waals surface area contributed by atoms with Gasteiger partial charge in [-0.1, -0.05) is 47.3 Å². The molecule has 1 aliphatic carbocycles. The second-order valence-corrected chi connectivity index (χ2v) is 7.18. The first kappa shape index (κ1) is 15.0. The normalized spacial score (nSPS) is 17.8. The Hall–Kier alpha value is -0.940. The van der Waals surface area contributed by atoms with Crippen molar-refractivity contribution < 1.29 is 0 Å². The van der Waals surface area contributed by atoms with Gasteiger partial charge in [-0.25, -0.2) is 0 Å². The highest BCUT2D eigenvalue weighted by atomic mass is 79.9. The molecule has 0 amide bonds. The number of nitrogens with zero attached hydrogens (tertiary/aromatic N) is 2. The van der Waals surface area contributed by atoms with E-state index < -0.39 is 0 Å². The first-order valence-electron chi connectivity index (χ1n) is 7.53. The van der Waals surface area contributed by atoms with Crippen LogP contribution in [0, 0.1) is 10.7 Å². The molecule has 3 rings (SSSR count). The molecule has 0 aliphatic heterocycles. The van der Waals surface area contributed by atoms with Crippen molar-refractivity contribution in [2.45, 2.75) is 38.0 Å². The van der Waals surface area contributed by atoms with Crippen LogP contribution in [-0.4, -0.2) is 14.8 Å². The van der Waals surface area contributed by atoms with E-state index in [1.807, 2.05) is 11.6 Å². The number of H-pyrrole nitrogens is 1. The molecule has 0 bridgehead atoms. The van der Waals surface area contributed by atoms with Crippen molar-refractivity contribution in [1.29, 1.82) is 0 Å². The predicted molar refractivity (Wildman–Crippen MR) is 91.0 cm³/mol. The Labute approximate surface area is 138 Å². The number of nitrogens with one attached hydrogen (secondary N) is 1. The summed E-state index contributed by atoms with van der Waals surface area (Å²) in [6.45, 7) is 0. The lowest BCUT2D eigenvalue weighted by Crippen LogP contribution is -2.20. The summed E-state index contributed by atoms with van der Waals surface area (Å²) in [6.07, 6.45) is 6.56. The quantitative estimate of drug-likeness (QED) is 0.780. The zero-order chi connectivity index (χ0) is 14.8. The zero-order valence-electron chi connectivity index (χ0n) is 12.2. The number of benzene rings is 1. The summed E-state index contributed by atoms with van der Waals surface area (Å²) in [7, 11) is 2.01. The van der Waals surface area contributed by atoms with E-state index in [0.717, 1.165) is 10.3 Å². The number of aromatic amines is 1. The summed E-state index contributed by atoms with van der Waals surface area (Å²) < 4.78 is 3.84. The Bertz CT molecular complexity index is 670. The van der Waals surface area contributed by atoms with Crippen LogP contribution < -0.4 is 0 Å². The van der Waals surface area contributed by atoms with Gasteiger partial charge in [-0.2, -0.15) is 5.10 Å². The monoisotopic (exact) mass is 365 g/mol. The van der Waals surface area contributed by atoms with Crippen LogP contribution in [0.2, 0.25) is 0 Å². The molecule has 0 radical (unpaired) electrons. The largest absolute Gasteiger partial charge is 0.307 e. The molecule has 112 valence electrons. The minimum atomic E-state index is 0.320. The van der Waals surface area contributed by atoms with Crippen LogP contribution in [0.4, 0.5) is 0 Å². The van der Waals surface area contributed by atoms with E-state index in [0.29, 0.717) is 16.6 Å². The van der Waals surface area contributed by atoms with Crippen LogP contribution in [0.25, 0.3) is 0 Å². The first-order chi connectivity index (χ1) is 10.2. The van der Waals surface area contributed by atoms with Crippen molar-refractivity contribution in [2.75, 3.05) is 0 Å². The van der Waals surface area contributed by atoms with Crippen molar-refractivity contribution in [3.8, 4) is 0 Å². The van der Waals surface area contributed by atoms with Crippen molar-refractivity contribution in [2.24, 2.45) is 13.0 Å². The zero-order valence-corrected chi connectivity index (χ0v) is 14.6. The van der Waals surface area contributed by atoms with Gasteiger partial charge in [0.1, 0.15) is 5.82 Å². The molecule has 1 N–H and O–H groups in total. The molecule has 1 aromatic heterocycles. The van der Waals surface area contributed by atoms with Crippen molar-refractivity contribution >= 4 is 28.1 Å². The van der Waals surface area contributed by atoms with E-state index in [-0.39, 0.29) is 0 Å². The van der Waals surface area contributed by atoms with Crippen LogP contribution in [0.1, 0.15) is 49.4 Å². The molecule has 3 nitrogen and oxygen atoms in total. The number of hydrogen-bond donors (Lipinski definition) is 1. The van der Waals surface area contributed by atoms with E-state index in [1.54, 1.807) is 0 Å². The molecular formula is C16H20BrN3S. The molecule has 2 aromatic rings. The Morgan fingerprint density at radius 1 is 1.33 bits per heavy atom. The smallest absolute Gasteiger partial charge is 0.194 e. The molecule has 1 atom stereocenters. The molecule has 1 aliphatic rings. The summed E-state index contributed by atoms with van der Waals surface area (Å²) >= 11 is 8.90. The molecule has 1 fully saturated rings. The number of hydrogen-bond acceptors (Lipinski definition) is 2. The Balaban J connectivity index is 2.06. The first-order valence-corrected chi connectivity index (χ1v) is 8.73. The van der Waals surface area contributed by atoms with Crippen LogP contribution in [0.3, 0.4) is 0 Å². The minimum Gasteiger partial charge on any atom is -0.307 e. The fourth-order valence-corrected chi connectivity index (χ4v) is 3.99. The molecule has 1 heterocycles. The van der Waals surface area contributed by atoms with Gasteiger partial charge in [-0.3, -0.25) is 5.10 Å². The summed E-state index contributed by atoms with van der Waals surface area (Å²) in [4.78, 5) is 0. The van der Waals surface area contributed by atoms with Crippen LogP contribution in [-0.2, 0) is 7.05 Å². The Kier molecular flexibility index (Phi) is 4.60. The highest BCUT2D eigenvalue weighted by Crippen LogP contribution is 2.40. The standard InChI is InChI=1S/C16H20BrN3S/c1-20-15(18-19-16(20)21)14(11-6-3-2-4-7-11)12-8-5-9-13(17)10-12/h5,8-11,14H,2-4,6-7H2,1H3,(H,19,21)/t14-/m1/s1. The lowest BCUT2D eigenvalue weighted by Gasteiger charge is -2.30. The predicted octanol–water partition coefficient (Wildman–Crippen LogP) is 4.95. The van der Waals surface area contributed by atoms with E-state index in [9.17, 15) is 0 Å². The van der Waals surface area contributed by atoms with E-state index in [2.05, 4.69) is 50.4 Å². The highest BCUT2D eigenvalue weighted by Gasteiger charge is 2.30. The van der Waals surface area contributed by atoms with Gasteiger partial charge < -0.3 is 4.57 Å². The number of rotatable bonds is 3. The van der Waals surface area contributed by atoms with Gasteiger partial charge in [0.25, 0.3) is 0 Å². The average molecular weight is 366 g/mol. The van der Waals surface area contributed by atoms with Gasteiger partial charge in [0.05, 0.1) is 0 Å². The fourth-order valence-electron chi connectivity index (χ4n) is 3.44. The van der Waals surface area contributed by atoms with Gasteiger partial charge in [0.15, 0.2) is 4.77 Å². The average Bonchev–Trinajstić information content (AvgIpc) is 2.81. The lowest BCUT2D eigenvalue weighted by molar-refractivity contribution is 0.317.